The first-order valence-corrected chi connectivity index (χ1v) is 13.6. The molecule has 1 aliphatic carbocycles. The van der Waals surface area contributed by atoms with E-state index in [9.17, 15) is 0 Å². The molecule has 3 rings (SSSR count). The molecule has 0 spiro atoms. The van der Waals surface area contributed by atoms with Crippen molar-refractivity contribution in [2.45, 2.75) is 61.8 Å². The van der Waals surface area contributed by atoms with Crippen LogP contribution in [-0.2, 0) is 20.1 Å². The molecule has 4 atom stereocenters. The van der Waals surface area contributed by atoms with Gasteiger partial charge in [0, 0.05) is 28.0 Å². The second-order valence-corrected chi connectivity index (χ2v) is 11.1. The van der Waals surface area contributed by atoms with Gasteiger partial charge in [-0.2, -0.15) is 6.54 Å². The van der Waals surface area contributed by atoms with Crippen molar-refractivity contribution in [3.05, 3.63) is 73.3 Å². The molecule has 1 aliphatic rings. The minimum atomic E-state index is -0.650. The zero-order valence-electron chi connectivity index (χ0n) is 20.5. The molecular weight excluding hydrogens is 586 g/mol. The van der Waals surface area contributed by atoms with Crippen LogP contribution in [0.25, 0.3) is 5.73 Å². The Balaban J connectivity index is 0. The van der Waals surface area contributed by atoms with Crippen LogP contribution >= 0.6 is 7.92 Å². The van der Waals surface area contributed by atoms with Gasteiger partial charge in [0.2, 0.25) is 0 Å². The molecule has 0 aliphatic heterocycles. The van der Waals surface area contributed by atoms with Gasteiger partial charge in [-0.25, -0.2) is 0 Å². The summed E-state index contributed by atoms with van der Waals surface area (Å²) in [5.41, 5.74) is 7.20. The van der Waals surface area contributed by atoms with Crippen LogP contribution in [0.3, 0.4) is 0 Å². The van der Waals surface area contributed by atoms with Gasteiger partial charge >= 0.3 is 0 Å². The Labute approximate surface area is 215 Å². The number of benzene rings is 2. The van der Waals surface area contributed by atoms with Crippen LogP contribution in [0.1, 0.15) is 61.8 Å². The molecule has 0 heterocycles. The fourth-order valence-electron chi connectivity index (χ4n) is 4.81. The molecule has 2 aromatic carbocycles. The zero-order chi connectivity index (χ0) is 22.5. The van der Waals surface area contributed by atoms with Crippen LogP contribution in [0.15, 0.2) is 60.7 Å². The van der Waals surface area contributed by atoms with E-state index < -0.39 is 7.92 Å². The van der Waals surface area contributed by atoms with Crippen LogP contribution < -0.4 is 10.6 Å². The van der Waals surface area contributed by atoms with E-state index in [4.69, 9.17) is 5.73 Å². The molecule has 32 heavy (non-hydrogen) atoms. The summed E-state index contributed by atoms with van der Waals surface area (Å²) in [4.78, 5) is 0. The number of hydrogen-bond donors (Lipinski definition) is 0. The van der Waals surface area contributed by atoms with Gasteiger partial charge in [0.15, 0.2) is 0 Å². The largest absolute Gasteiger partial charge is 0.677 e. The van der Waals surface area contributed by atoms with Crippen LogP contribution in [-0.4, -0.2) is 12.7 Å². The summed E-state index contributed by atoms with van der Waals surface area (Å²) in [5, 5.41) is 2.90. The van der Waals surface area contributed by atoms with Crippen molar-refractivity contribution >= 4 is 18.5 Å². The predicted molar refractivity (Wildman–Crippen MR) is 147 cm³/mol. The molecule has 0 aromatic heterocycles. The Morgan fingerprint density at radius 1 is 0.750 bits per heavy atom. The summed E-state index contributed by atoms with van der Waals surface area (Å²) >= 11 is 0. The Kier molecular flexibility index (Phi) is 19.8. The molecule has 1 fully saturated rings. The van der Waals surface area contributed by atoms with Crippen molar-refractivity contribution in [2.75, 3.05) is 12.7 Å². The topological polar surface area (TPSA) is 23.8 Å². The van der Waals surface area contributed by atoms with E-state index in [2.05, 4.69) is 95.3 Å². The molecule has 0 saturated heterocycles. The maximum absolute atomic E-state index is 7.20. The number of nitrogens with one attached hydrogen (secondary N) is 1. The van der Waals surface area contributed by atoms with E-state index in [0.717, 1.165) is 42.2 Å². The minimum Gasteiger partial charge on any atom is -0.677 e. The molecule has 1 nitrogen and oxygen atoms in total. The third-order valence-electron chi connectivity index (χ3n) is 7.05. The Morgan fingerprint density at radius 3 is 1.44 bits per heavy atom. The van der Waals surface area contributed by atoms with Crippen molar-refractivity contribution in [1.82, 2.24) is 0 Å². The Hall–Kier alpha value is -0.521. The molecule has 3 heteroatoms. The SMILES string of the molecule is C.CC.CC1C(C)C(C)C(CCC[NH-])C1C.[CH2-]C[PH+](c1ccccc1)c1ccccc1.[Ir]. The zero-order valence-corrected chi connectivity index (χ0v) is 23.9. The molecule has 1 saturated carbocycles. The fraction of sp³-hybridized carbons (Fsp3) is 0.552. The summed E-state index contributed by atoms with van der Waals surface area (Å²) < 4.78 is 0. The van der Waals surface area contributed by atoms with Crippen molar-refractivity contribution in [3.8, 4) is 0 Å². The summed E-state index contributed by atoms with van der Waals surface area (Å²) in [6, 6.07) is 21.4. The number of hydrogen-bond acceptors (Lipinski definition) is 0. The van der Waals surface area contributed by atoms with Gasteiger partial charge in [0.05, 0.1) is 10.6 Å². The van der Waals surface area contributed by atoms with Gasteiger partial charge in [0.25, 0.3) is 0 Å². The van der Waals surface area contributed by atoms with Gasteiger partial charge < -0.3 is 12.7 Å². The second kappa shape index (κ2) is 18.9. The molecule has 0 bridgehead atoms. The maximum Gasteiger partial charge on any atom is 0.0939 e. The summed E-state index contributed by atoms with van der Waals surface area (Å²) in [5.74, 6) is 4.39. The summed E-state index contributed by atoms with van der Waals surface area (Å²) in [6.45, 7) is 18.3. The van der Waals surface area contributed by atoms with Crippen LogP contribution in [0.5, 0.6) is 0 Å². The molecular formula is C29H49IrNP-. The van der Waals surface area contributed by atoms with Gasteiger partial charge in [-0.15, -0.1) is 0 Å². The molecule has 1 N–H and O–H groups in total. The molecule has 4 unspecified atom stereocenters. The normalized spacial score (nSPS) is 23.6. The quantitative estimate of drug-likeness (QED) is 0.225. The molecule has 1 radical (unpaired) electrons. The minimum absolute atomic E-state index is 0. The third-order valence-corrected chi connectivity index (χ3v) is 9.61. The van der Waals surface area contributed by atoms with Gasteiger partial charge in [0.1, 0.15) is 0 Å². The fourth-order valence-corrected chi connectivity index (χ4v) is 6.91. The van der Waals surface area contributed by atoms with Crippen molar-refractivity contribution in [1.29, 1.82) is 0 Å². The smallest absolute Gasteiger partial charge is 0.0939 e. The Bertz CT molecular complexity index is 610. The van der Waals surface area contributed by atoms with Crippen molar-refractivity contribution in [2.24, 2.45) is 29.6 Å². The molecule has 2 aromatic rings. The van der Waals surface area contributed by atoms with Gasteiger partial charge in [-0.1, -0.05) is 104 Å². The van der Waals surface area contributed by atoms with Crippen LogP contribution in [0.4, 0.5) is 0 Å². The van der Waals surface area contributed by atoms with Gasteiger partial charge in [-0.3, -0.25) is 0 Å². The van der Waals surface area contributed by atoms with E-state index >= 15 is 0 Å². The van der Waals surface area contributed by atoms with Crippen molar-refractivity contribution < 1.29 is 20.1 Å². The van der Waals surface area contributed by atoms with E-state index in [-0.39, 0.29) is 27.5 Å². The standard InChI is InChI=1S/C14H14P.C12H24N.C2H6.CH4.Ir/c1-2-15(13-9-5-3-6-10-13)14-11-7-4-8-12-14;1-8-9(2)11(4)12(10(8)3)6-5-7-13;1-2;;/h3-12H,1-2H2;8-13H,5-7H2,1-4H3;1-2H3;1H4;/q2*-1;;;/p+1. The van der Waals surface area contributed by atoms with E-state index in [1.165, 1.54) is 17.0 Å². The van der Waals surface area contributed by atoms with E-state index in [1.54, 1.807) is 0 Å². The van der Waals surface area contributed by atoms with E-state index in [1.807, 2.05) is 13.8 Å². The number of rotatable bonds is 6. The monoisotopic (exact) mass is 635 g/mol. The van der Waals surface area contributed by atoms with Crippen LogP contribution in [0.2, 0.25) is 0 Å². The molecule has 0 amide bonds. The predicted octanol–water partition coefficient (Wildman–Crippen LogP) is 8.34. The maximum atomic E-state index is 7.20. The first kappa shape index (κ1) is 33.7. The second-order valence-electron chi connectivity index (χ2n) is 8.45. The average Bonchev–Trinajstić information content (AvgIpc) is 2.99. The summed E-state index contributed by atoms with van der Waals surface area (Å²) in [6.07, 6.45) is 3.37. The van der Waals surface area contributed by atoms with E-state index in [0.29, 0.717) is 6.54 Å². The Morgan fingerprint density at radius 2 is 1.12 bits per heavy atom. The first-order valence-electron chi connectivity index (χ1n) is 11.9. The molecule has 185 valence electrons. The first-order chi connectivity index (χ1) is 14.5. The average molecular weight is 635 g/mol. The third kappa shape index (κ3) is 9.77. The van der Waals surface area contributed by atoms with Crippen molar-refractivity contribution in [3.63, 3.8) is 0 Å². The van der Waals surface area contributed by atoms with Gasteiger partial charge in [-0.05, 0) is 53.9 Å². The van der Waals surface area contributed by atoms with Crippen LogP contribution in [0, 0.1) is 36.5 Å². The summed E-state index contributed by atoms with van der Waals surface area (Å²) in [7, 11) is -0.650.